The first-order chi connectivity index (χ1) is 26.4. The van der Waals surface area contributed by atoms with E-state index in [9.17, 15) is 0 Å². The zero-order valence-electron chi connectivity index (χ0n) is 34.0. The van der Waals surface area contributed by atoms with Crippen molar-refractivity contribution in [2.75, 3.05) is 18.2 Å². The minimum absolute atomic E-state index is 0. The Morgan fingerprint density at radius 2 is 1.05 bits per heavy atom. The molecule has 2 saturated carbocycles. The van der Waals surface area contributed by atoms with Crippen molar-refractivity contribution >= 4 is 39.1 Å². The van der Waals surface area contributed by atoms with Crippen LogP contribution in [0.25, 0.3) is 22.3 Å². The Morgan fingerprint density at radius 3 is 1.47 bits per heavy atom. The Balaban J connectivity index is 0.000000381. The molecule has 0 amide bonds. The summed E-state index contributed by atoms with van der Waals surface area (Å²) in [5, 5.41) is 1.60. The number of nitrogen functional groups attached to an aromatic ring is 1. The zero-order valence-corrected chi connectivity index (χ0v) is 38.0. The summed E-state index contributed by atoms with van der Waals surface area (Å²) in [5.41, 5.74) is 13.0. The Kier molecular flexibility index (Phi) is 22.0. The Labute approximate surface area is 357 Å². The van der Waals surface area contributed by atoms with E-state index in [-0.39, 0.29) is 40.6 Å². The van der Waals surface area contributed by atoms with Gasteiger partial charge in [0.15, 0.2) is 0 Å². The molecule has 6 rings (SSSR count). The van der Waals surface area contributed by atoms with E-state index < -0.39 is 20.2 Å². The number of ether oxygens (including phenoxy) is 2. The third-order valence-corrected chi connectivity index (χ3v) is 12.6. The minimum atomic E-state index is -3.92. The summed E-state index contributed by atoms with van der Waals surface area (Å²) in [6.45, 7) is 8.45. The van der Waals surface area contributed by atoms with Gasteiger partial charge in [-0.25, -0.2) is 16.8 Å². The maximum Gasteiger partial charge on any atom is 2.00 e. The van der Waals surface area contributed by atoms with Crippen LogP contribution in [0, 0.1) is 6.07 Å². The van der Waals surface area contributed by atoms with Crippen molar-refractivity contribution in [2.45, 2.75) is 115 Å². The van der Waals surface area contributed by atoms with Gasteiger partial charge in [-0.15, -0.1) is 35.9 Å². The van der Waals surface area contributed by atoms with E-state index in [0.29, 0.717) is 12.5 Å². The van der Waals surface area contributed by atoms with Crippen molar-refractivity contribution in [1.82, 2.24) is 0 Å². The van der Waals surface area contributed by atoms with Gasteiger partial charge < -0.3 is 24.3 Å². The van der Waals surface area contributed by atoms with Gasteiger partial charge in [-0.05, 0) is 99.5 Å². The van der Waals surface area contributed by atoms with Crippen LogP contribution in [0.15, 0.2) is 91.0 Å². The Bertz CT molecular complexity index is 1890. The summed E-state index contributed by atoms with van der Waals surface area (Å²) < 4.78 is 67.2. The summed E-state index contributed by atoms with van der Waals surface area (Å²) in [7, 11) is -8.05. The van der Waals surface area contributed by atoms with Gasteiger partial charge in [-0.3, -0.25) is 0 Å². The molecule has 4 aromatic carbocycles. The maximum atomic E-state index is 9.08. The fraction of sp³-hybridized carbons (Fsp3) is 0.455. The second-order valence-corrected chi connectivity index (χ2v) is 20.3. The van der Waals surface area contributed by atoms with Crippen LogP contribution >= 0.6 is 7.92 Å². The van der Waals surface area contributed by atoms with Crippen molar-refractivity contribution in [1.29, 1.82) is 0 Å². The average molecular weight is 931 g/mol. The van der Waals surface area contributed by atoms with Gasteiger partial charge in [0.1, 0.15) is 11.5 Å². The summed E-state index contributed by atoms with van der Waals surface area (Å²) >= 11 is 0. The summed E-state index contributed by atoms with van der Waals surface area (Å²) in [5.74, 6) is 1.91. The van der Waals surface area contributed by atoms with Gasteiger partial charge in [-0.1, -0.05) is 101 Å². The number of benzene rings is 4. The first-order valence-corrected chi connectivity index (χ1v) is 24.5. The Morgan fingerprint density at radius 1 is 0.632 bits per heavy atom. The fourth-order valence-electron chi connectivity index (χ4n) is 7.10. The van der Waals surface area contributed by atoms with Crippen LogP contribution in [0.2, 0.25) is 0 Å². The quantitative estimate of drug-likeness (QED) is 0.0567. The van der Waals surface area contributed by atoms with Crippen LogP contribution in [0.1, 0.15) is 91.9 Å². The van der Waals surface area contributed by atoms with Crippen LogP contribution in [-0.4, -0.2) is 62.0 Å². The largest absolute Gasteiger partial charge is 2.00 e. The van der Waals surface area contributed by atoms with Crippen LogP contribution < -0.4 is 20.5 Å². The third-order valence-electron chi connectivity index (χ3n) is 9.06. The number of hydrogen-bond acceptors (Lipinski definition) is 9. The molecule has 0 aliphatic heterocycles. The maximum absolute atomic E-state index is 9.08. The SMILES string of the molecule is CC(C)Oc1cccc(OC(C)C)c1-c1ccccc1P(C1CCCCC1)C1CCCCC1.CS(=O)(=O)[O-].CS(=O)(=O)[O-].Nc1ccccc1-c1[c-]cccc1.[Pd+2]. The van der Waals surface area contributed by atoms with Gasteiger partial charge in [-0.2, -0.15) is 0 Å². The first kappa shape index (κ1) is 50.3. The molecule has 0 unspecified atom stereocenters. The molecule has 0 radical (unpaired) electrons. The molecule has 13 heteroatoms. The smallest absolute Gasteiger partial charge is 0.748 e. The molecule has 2 N–H and O–H groups in total. The molecule has 2 aliphatic rings. The van der Waals surface area contributed by atoms with Gasteiger partial charge >= 0.3 is 20.4 Å². The molecule has 0 atom stereocenters. The molecule has 4 aromatic rings. The monoisotopic (exact) mass is 930 g/mol. The second-order valence-electron chi connectivity index (χ2n) is 14.7. The molecule has 0 saturated heterocycles. The van der Waals surface area contributed by atoms with E-state index >= 15 is 0 Å². The molecule has 0 aromatic heterocycles. The van der Waals surface area contributed by atoms with Crippen LogP contribution in [0.5, 0.6) is 11.5 Å². The van der Waals surface area contributed by atoms with E-state index in [1.807, 2.05) is 48.5 Å². The predicted octanol–water partition coefficient (Wildman–Crippen LogP) is 9.76. The zero-order chi connectivity index (χ0) is 41.3. The van der Waals surface area contributed by atoms with E-state index in [4.69, 9.17) is 41.1 Å². The molecule has 0 spiro atoms. The molecule has 0 bridgehead atoms. The number of para-hydroxylation sites is 1. The normalized spacial score (nSPS) is 14.9. The summed E-state index contributed by atoms with van der Waals surface area (Å²) in [6.07, 6.45) is 15.6. The number of anilines is 1. The molecule has 57 heavy (non-hydrogen) atoms. The van der Waals surface area contributed by atoms with Crippen LogP contribution in [-0.2, 0) is 40.7 Å². The third kappa shape index (κ3) is 19.2. The van der Waals surface area contributed by atoms with Gasteiger partial charge in [0.2, 0.25) is 0 Å². The summed E-state index contributed by atoms with van der Waals surface area (Å²) in [4.78, 5) is 0. The average Bonchev–Trinajstić information content (AvgIpc) is 3.12. The molecule has 0 heterocycles. The fourth-order valence-corrected chi connectivity index (χ4v) is 11.1. The number of hydrogen-bond donors (Lipinski definition) is 1. The number of rotatable bonds is 9. The van der Waals surface area contributed by atoms with Gasteiger partial charge in [0.25, 0.3) is 0 Å². The van der Waals surface area contributed by atoms with Crippen LogP contribution in [0.4, 0.5) is 5.69 Å². The van der Waals surface area contributed by atoms with Crippen molar-refractivity contribution in [2.24, 2.45) is 0 Å². The molecule has 9 nitrogen and oxygen atoms in total. The topological polar surface area (TPSA) is 159 Å². The van der Waals surface area contributed by atoms with Crippen molar-refractivity contribution in [3.8, 4) is 33.8 Å². The molecular formula is C44H59NO8PPdS2-. The molecule has 2 fully saturated rings. The van der Waals surface area contributed by atoms with Crippen molar-refractivity contribution < 1.29 is 55.8 Å². The molecular weight excluding hydrogens is 872 g/mol. The molecule has 2 aliphatic carbocycles. The van der Waals surface area contributed by atoms with Crippen molar-refractivity contribution in [3.63, 3.8) is 0 Å². The standard InChI is InChI=1S/C30H43O2P.C12H10N.2CH4O3S.Pd/c1-22(2)31-27-19-13-20-28(32-23(3)4)30(27)26-18-11-12-21-29(26)33(24-14-7-5-8-15-24)25-16-9-6-10-17-25;13-12-9-5-4-8-11(12)10-6-2-1-3-7-10;2*1-5(2,3)4;/h11-13,18-25H,5-10,14-17H2,1-4H3;1-6,8-9H,13H2;2*1H3,(H,2,3,4);/q;-1;;;+2/p-2. The number of nitrogens with two attached hydrogens (primary N) is 1. The van der Waals surface area contributed by atoms with E-state index in [2.05, 4.69) is 76.2 Å². The predicted molar refractivity (Wildman–Crippen MR) is 230 cm³/mol. The van der Waals surface area contributed by atoms with E-state index in [1.165, 1.54) is 69.8 Å². The minimum Gasteiger partial charge on any atom is -0.748 e. The Hall–Kier alpha value is -2.81. The van der Waals surface area contributed by atoms with Gasteiger partial charge in [0.05, 0.1) is 38.0 Å². The molecule has 316 valence electrons. The van der Waals surface area contributed by atoms with Crippen LogP contribution in [0.3, 0.4) is 0 Å². The second kappa shape index (κ2) is 25.0. The van der Waals surface area contributed by atoms with E-state index in [0.717, 1.165) is 45.2 Å². The first-order valence-electron chi connectivity index (χ1n) is 19.4. The van der Waals surface area contributed by atoms with Gasteiger partial charge in [0, 0.05) is 12.5 Å². The van der Waals surface area contributed by atoms with Crippen molar-refractivity contribution in [3.05, 3.63) is 97.1 Å². The summed E-state index contributed by atoms with van der Waals surface area (Å²) in [6, 6.07) is 34.4. The van der Waals surface area contributed by atoms with E-state index in [1.54, 1.807) is 5.30 Å².